The Morgan fingerprint density at radius 1 is 1.32 bits per heavy atom. The second-order valence-corrected chi connectivity index (χ2v) is 6.39. The number of nitrogens with one attached hydrogen (secondary N) is 2. The minimum atomic E-state index is -0.470. The first-order chi connectivity index (χ1) is 10.2. The van der Waals surface area contributed by atoms with Crippen LogP contribution in [0, 0.1) is 15.5 Å². The Balaban J connectivity index is 2.46. The molecule has 0 spiro atoms. The zero-order chi connectivity index (χ0) is 16.8. The van der Waals surface area contributed by atoms with Gasteiger partial charge in [0.1, 0.15) is 0 Å². The molecule has 0 heterocycles. The van der Waals surface area contributed by atoms with Crippen molar-refractivity contribution in [1.29, 1.82) is 0 Å². The molecule has 7 nitrogen and oxygen atoms in total. The van der Waals surface area contributed by atoms with Gasteiger partial charge in [0.15, 0.2) is 0 Å². The number of rotatable bonds is 6. The highest BCUT2D eigenvalue weighted by Gasteiger charge is 2.19. The van der Waals surface area contributed by atoms with Crippen molar-refractivity contribution in [1.82, 2.24) is 10.6 Å². The third kappa shape index (κ3) is 6.53. The van der Waals surface area contributed by atoms with Crippen LogP contribution < -0.4 is 10.6 Å². The van der Waals surface area contributed by atoms with Gasteiger partial charge < -0.3 is 15.7 Å². The van der Waals surface area contributed by atoms with Crippen molar-refractivity contribution in [2.45, 2.75) is 39.8 Å². The number of carbonyl (C=O) groups is 1. The first-order valence-corrected chi connectivity index (χ1v) is 7.10. The van der Waals surface area contributed by atoms with E-state index >= 15 is 0 Å². The second kappa shape index (κ2) is 7.74. The van der Waals surface area contributed by atoms with Crippen LogP contribution in [0.5, 0.6) is 0 Å². The lowest BCUT2D eigenvalue weighted by atomic mass is 9.88. The van der Waals surface area contributed by atoms with Gasteiger partial charge in [-0.25, -0.2) is 4.79 Å². The van der Waals surface area contributed by atoms with Crippen LogP contribution >= 0.6 is 0 Å². The molecular formula is C15H23N3O4. The number of hydrogen-bond acceptors (Lipinski definition) is 4. The summed E-state index contributed by atoms with van der Waals surface area (Å²) in [6, 6.07) is 5.29. The van der Waals surface area contributed by atoms with E-state index in [0.29, 0.717) is 6.42 Å². The molecule has 2 amide bonds. The van der Waals surface area contributed by atoms with Crippen LogP contribution in [0.1, 0.15) is 32.8 Å². The van der Waals surface area contributed by atoms with Gasteiger partial charge in [0.25, 0.3) is 5.69 Å². The quantitative estimate of drug-likeness (QED) is 0.553. The maximum absolute atomic E-state index is 11.8. The van der Waals surface area contributed by atoms with E-state index in [1.165, 1.54) is 12.1 Å². The van der Waals surface area contributed by atoms with E-state index in [2.05, 4.69) is 10.6 Å². The van der Waals surface area contributed by atoms with Gasteiger partial charge in [-0.15, -0.1) is 0 Å². The van der Waals surface area contributed by atoms with Gasteiger partial charge in [0, 0.05) is 18.7 Å². The van der Waals surface area contributed by atoms with Gasteiger partial charge in [-0.1, -0.05) is 32.9 Å². The number of carbonyl (C=O) groups excluding carboxylic acids is 1. The van der Waals surface area contributed by atoms with E-state index in [1.807, 2.05) is 20.8 Å². The number of aliphatic hydroxyl groups excluding tert-OH is 1. The molecule has 1 rings (SSSR count). The molecule has 0 fully saturated rings. The Bertz CT molecular complexity index is 509. The van der Waals surface area contributed by atoms with Crippen molar-refractivity contribution in [3.05, 3.63) is 39.9 Å². The molecular weight excluding hydrogens is 286 g/mol. The predicted molar refractivity (Wildman–Crippen MR) is 83.4 cm³/mol. The van der Waals surface area contributed by atoms with E-state index in [-0.39, 0.29) is 36.3 Å². The van der Waals surface area contributed by atoms with Gasteiger partial charge >= 0.3 is 6.03 Å². The third-order valence-electron chi connectivity index (χ3n) is 3.01. The fourth-order valence-corrected chi connectivity index (χ4v) is 2.05. The molecule has 0 aliphatic rings. The summed E-state index contributed by atoms with van der Waals surface area (Å²) < 4.78 is 0. The molecule has 1 unspecified atom stereocenters. The van der Waals surface area contributed by atoms with Crippen molar-refractivity contribution < 1.29 is 14.8 Å². The molecule has 0 radical (unpaired) electrons. The normalized spacial score (nSPS) is 12.5. The second-order valence-electron chi connectivity index (χ2n) is 6.39. The summed E-state index contributed by atoms with van der Waals surface area (Å²) >= 11 is 0. The number of urea groups is 1. The molecule has 0 saturated carbocycles. The molecule has 1 aromatic carbocycles. The summed E-state index contributed by atoms with van der Waals surface area (Å²) in [5, 5.41) is 25.2. The average molecular weight is 309 g/mol. The summed E-state index contributed by atoms with van der Waals surface area (Å²) in [4.78, 5) is 21.9. The average Bonchev–Trinajstić information content (AvgIpc) is 2.43. The standard InChI is InChI=1S/C15H23N3O4/c1-15(2,3)8-12(10-19)17-14(20)16-9-11-4-6-13(7-5-11)18(21)22/h4-7,12,19H,8-10H2,1-3H3,(H2,16,17,20). The van der Waals surface area contributed by atoms with Crippen LogP contribution in [0.3, 0.4) is 0 Å². The molecule has 0 aliphatic heterocycles. The monoisotopic (exact) mass is 309 g/mol. The maximum Gasteiger partial charge on any atom is 0.315 e. The van der Waals surface area contributed by atoms with Gasteiger partial charge in [0.2, 0.25) is 0 Å². The number of hydrogen-bond donors (Lipinski definition) is 3. The predicted octanol–water partition coefficient (Wildman–Crippen LogP) is 2.19. The Kier molecular flexibility index (Phi) is 6.30. The fraction of sp³-hybridized carbons (Fsp3) is 0.533. The molecule has 1 aromatic rings. The zero-order valence-electron chi connectivity index (χ0n) is 13.1. The number of nitro groups is 1. The van der Waals surface area contributed by atoms with Crippen molar-refractivity contribution in [2.75, 3.05) is 6.61 Å². The van der Waals surface area contributed by atoms with E-state index < -0.39 is 4.92 Å². The minimum absolute atomic E-state index is 0.000951. The first kappa shape index (κ1) is 17.9. The van der Waals surface area contributed by atoms with Crippen molar-refractivity contribution in [3.8, 4) is 0 Å². The van der Waals surface area contributed by atoms with Crippen molar-refractivity contribution >= 4 is 11.7 Å². The van der Waals surface area contributed by atoms with Crippen molar-refractivity contribution in [2.24, 2.45) is 5.41 Å². The van der Waals surface area contributed by atoms with E-state index in [1.54, 1.807) is 12.1 Å². The number of benzene rings is 1. The molecule has 22 heavy (non-hydrogen) atoms. The van der Waals surface area contributed by atoms with Crippen LogP contribution in [0.2, 0.25) is 0 Å². The lowest BCUT2D eigenvalue weighted by Gasteiger charge is -2.25. The van der Waals surface area contributed by atoms with Gasteiger partial charge in [-0.05, 0) is 17.4 Å². The van der Waals surface area contributed by atoms with Gasteiger partial charge in [-0.3, -0.25) is 10.1 Å². The van der Waals surface area contributed by atoms with Crippen LogP contribution in [0.4, 0.5) is 10.5 Å². The highest BCUT2D eigenvalue weighted by atomic mass is 16.6. The molecule has 0 aromatic heterocycles. The SMILES string of the molecule is CC(C)(C)CC(CO)NC(=O)NCc1ccc([N+](=O)[O-])cc1. The smallest absolute Gasteiger partial charge is 0.315 e. The molecule has 1 atom stereocenters. The fourth-order valence-electron chi connectivity index (χ4n) is 2.05. The summed E-state index contributed by atoms with van der Waals surface area (Å²) in [6.07, 6.45) is 0.661. The summed E-state index contributed by atoms with van der Waals surface area (Å²) in [6.45, 7) is 6.24. The summed E-state index contributed by atoms with van der Waals surface area (Å²) in [7, 11) is 0. The van der Waals surface area contributed by atoms with E-state index in [9.17, 15) is 20.0 Å². The highest BCUT2D eigenvalue weighted by Crippen LogP contribution is 2.20. The van der Waals surface area contributed by atoms with Gasteiger partial charge in [-0.2, -0.15) is 0 Å². The van der Waals surface area contributed by atoms with Crippen LogP contribution in [-0.2, 0) is 6.54 Å². The molecule has 0 aliphatic carbocycles. The Morgan fingerprint density at radius 2 is 1.91 bits per heavy atom. The number of non-ortho nitro benzene ring substituents is 1. The van der Waals surface area contributed by atoms with E-state index in [0.717, 1.165) is 5.56 Å². The zero-order valence-corrected chi connectivity index (χ0v) is 13.1. The topological polar surface area (TPSA) is 104 Å². The molecule has 122 valence electrons. The third-order valence-corrected chi connectivity index (χ3v) is 3.01. The van der Waals surface area contributed by atoms with Crippen LogP contribution in [0.25, 0.3) is 0 Å². The maximum atomic E-state index is 11.8. The Labute approximate surface area is 129 Å². The lowest BCUT2D eigenvalue weighted by Crippen LogP contribution is -2.45. The summed E-state index contributed by atoms with van der Waals surface area (Å²) in [5.41, 5.74) is 0.773. The lowest BCUT2D eigenvalue weighted by molar-refractivity contribution is -0.384. The van der Waals surface area contributed by atoms with Crippen LogP contribution in [-0.4, -0.2) is 28.7 Å². The van der Waals surface area contributed by atoms with Crippen molar-refractivity contribution in [3.63, 3.8) is 0 Å². The Hall–Kier alpha value is -2.15. The molecule has 0 saturated heterocycles. The summed E-state index contributed by atoms with van der Waals surface area (Å²) in [5.74, 6) is 0. The number of amides is 2. The van der Waals surface area contributed by atoms with E-state index in [4.69, 9.17) is 0 Å². The number of nitro benzene ring substituents is 1. The number of nitrogens with zero attached hydrogens (tertiary/aromatic N) is 1. The minimum Gasteiger partial charge on any atom is -0.394 e. The highest BCUT2D eigenvalue weighted by molar-refractivity contribution is 5.74. The first-order valence-electron chi connectivity index (χ1n) is 7.10. The van der Waals surface area contributed by atoms with Crippen LogP contribution in [0.15, 0.2) is 24.3 Å². The Morgan fingerprint density at radius 3 is 2.36 bits per heavy atom. The number of aliphatic hydroxyl groups is 1. The largest absolute Gasteiger partial charge is 0.394 e. The molecule has 0 bridgehead atoms. The van der Waals surface area contributed by atoms with Gasteiger partial charge in [0.05, 0.1) is 17.6 Å². The molecule has 3 N–H and O–H groups in total. The molecule has 7 heteroatoms.